The van der Waals surface area contributed by atoms with Crippen molar-refractivity contribution in [2.45, 2.75) is 25.8 Å². The molecule has 90 valence electrons. The van der Waals surface area contributed by atoms with E-state index < -0.39 is 0 Å². The van der Waals surface area contributed by atoms with Crippen LogP contribution in [0.25, 0.3) is 0 Å². The lowest BCUT2D eigenvalue weighted by Gasteiger charge is -2.17. The first-order valence-electron chi connectivity index (χ1n) is 6.10. The molecule has 2 N–H and O–H groups in total. The number of nitrogens with two attached hydrogens (primary N) is 1. The summed E-state index contributed by atoms with van der Waals surface area (Å²) in [6.45, 7) is 5.62. The van der Waals surface area contributed by atoms with Crippen molar-refractivity contribution in [2.24, 2.45) is 18.7 Å². The van der Waals surface area contributed by atoms with Crippen molar-refractivity contribution < 1.29 is 0 Å². The predicted molar refractivity (Wildman–Crippen MR) is 65.1 cm³/mol. The fourth-order valence-electron chi connectivity index (χ4n) is 2.38. The maximum Gasteiger partial charge on any atom is 0.0522 e. The highest BCUT2D eigenvalue weighted by Gasteiger charge is 2.24. The quantitative estimate of drug-likeness (QED) is 0.813. The second kappa shape index (κ2) is 4.97. The van der Waals surface area contributed by atoms with Crippen LogP contribution in [-0.2, 0) is 13.5 Å². The maximum absolute atomic E-state index is 5.93. The van der Waals surface area contributed by atoms with Gasteiger partial charge in [-0.05, 0) is 37.8 Å². The molecule has 1 aliphatic rings. The van der Waals surface area contributed by atoms with Crippen molar-refractivity contribution in [1.82, 2.24) is 14.7 Å². The summed E-state index contributed by atoms with van der Waals surface area (Å²) in [5.74, 6) is 0.689. The molecule has 0 spiro atoms. The van der Waals surface area contributed by atoms with Gasteiger partial charge in [0.15, 0.2) is 0 Å². The number of likely N-dealkylation sites (tertiary alicyclic amines) is 1. The molecule has 1 aromatic rings. The highest BCUT2D eigenvalue weighted by Crippen LogP contribution is 2.18. The third kappa shape index (κ3) is 2.83. The molecule has 1 aliphatic heterocycles. The lowest BCUT2D eigenvalue weighted by molar-refractivity contribution is 0.319. The number of aromatic nitrogens is 2. The smallest absolute Gasteiger partial charge is 0.0522 e. The van der Waals surface area contributed by atoms with E-state index in [4.69, 9.17) is 5.73 Å². The molecule has 2 atom stereocenters. The molecule has 1 aromatic heterocycles. The molecule has 0 radical (unpaired) electrons. The zero-order chi connectivity index (χ0) is 11.5. The lowest BCUT2D eigenvalue weighted by atomic mass is 10.0. The first-order valence-corrected chi connectivity index (χ1v) is 6.10. The van der Waals surface area contributed by atoms with E-state index in [1.54, 1.807) is 0 Å². The third-order valence-electron chi connectivity index (χ3n) is 3.53. The van der Waals surface area contributed by atoms with E-state index in [1.807, 2.05) is 17.9 Å². The third-order valence-corrected chi connectivity index (χ3v) is 3.53. The second-order valence-corrected chi connectivity index (χ2v) is 4.98. The van der Waals surface area contributed by atoms with Gasteiger partial charge in [0.25, 0.3) is 0 Å². The molecule has 2 unspecified atom stereocenters. The molecule has 1 saturated heterocycles. The Bertz CT molecular complexity index is 332. The summed E-state index contributed by atoms with van der Waals surface area (Å²) >= 11 is 0. The average Bonchev–Trinajstić information content (AvgIpc) is 2.83. The van der Waals surface area contributed by atoms with Gasteiger partial charge in [0.05, 0.1) is 6.20 Å². The van der Waals surface area contributed by atoms with Gasteiger partial charge in [0.1, 0.15) is 0 Å². The van der Waals surface area contributed by atoms with Gasteiger partial charge >= 0.3 is 0 Å². The minimum absolute atomic E-state index is 0.336. The Morgan fingerprint density at radius 2 is 2.44 bits per heavy atom. The fraction of sp³-hybridized carbons (Fsp3) is 0.750. The largest absolute Gasteiger partial charge is 0.328 e. The minimum Gasteiger partial charge on any atom is -0.328 e. The highest BCUT2D eigenvalue weighted by molar-refractivity contribution is 5.04. The molecule has 1 fully saturated rings. The number of nitrogens with zero attached hydrogens (tertiary/aromatic N) is 3. The van der Waals surface area contributed by atoms with E-state index in [9.17, 15) is 0 Å². The molecule has 2 rings (SSSR count). The molecule has 0 bridgehead atoms. The lowest BCUT2D eigenvalue weighted by Crippen LogP contribution is -2.30. The van der Waals surface area contributed by atoms with Crippen LogP contribution in [-0.4, -0.2) is 40.4 Å². The molecule has 4 heteroatoms. The Morgan fingerprint density at radius 1 is 1.62 bits per heavy atom. The average molecular weight is 222 g/mol. The number of rotatable bonds is 4. The molecule has 4 nitrogen and oxygen atoms in total. The van der Waals surface area contributed by atoms with Crippen molar-refractivity contribution in [3.05, 3.63) is 18.0 Å². The van der Waals surface area contributed by atoms with Crippen LogP contribution < -0.4 is 5.73 Å². The number of hydrogen-bond acceptors (Lipinski definition) is 3. The zero-order valence-electron chi connectivity index (χ0n) is 10.3. The summed E-state index contributed by atoms with van der Waals surface area (Å²) in [5, 5.41) is 4.18. The van der Waals surface area contributed by atoms with E-state index >= 15 is 0 Å². The van der Waals surface area contributed by atoms with Gasteiger partial charge in [-0.2, -0.15) is 5.10 Å². The van der Waals surface area contributed by atoms with Crippen molar-refractivity contribution in [1.29, 1.82) is 0 Å². The minimum atomic E-state index is 0.336. The SMILES string of the molecule is CC(N)C1CCN(CCc2cnn(C)c2)C1. The van der Waals surface area contributed by atoms with E-state index in [1.165, 1.54) is 18.5 Å². The van der Waals surface area contributed by atoms with E-state index in [0.717, 1.165) is 19.5 Å². The Labute approximate surface area is 97.4 Å². The van der Waals surface area contributed by atoms with E-state index in [2.05, 4.69) is 23.1 Å². The summed E-state index contributed by atoms with van der Waals surface area (Å²) in [7, 11) is 1.96. The summed E-state index contributed by atoms with van der Waals surface area (Å²) in [5.41, 5.74) is 7.26. The summed E-state index contributed by atoms with van der Waals surface area (Å²) in [6.07, 6.45) is 6.41. The predicted octanol–water partition coefficient (Wildman–Crippen LogP) is 0.632. The van der Waals surface area contributed by atoms with Crippen LogP contribution in [0.15, 0.2) is 12.4 Å². The van der Waals surface area contributed by atoms with Crippen LogP contribution in [0.4, 0.5) is 0 Å². The van der Waals surface area contributed by atoms with Gasteiger partial charge in [-0.3, -0.25) is 4.68 Å². The molecular formula is C12H22N4. The van der Waals surface area contributed by atoms with Gasteiger partial charge in [0, 0.05) is 32.4 Å². The molecule has 0 aromatic carbocycles. The molecule has 16 heavy (non-hydrogen) atoms. The van der Waals surface area contributed by atoms with Crippen LogP contribution in [0.3, 0.4) is 0 Å². The van der Waals surface area contributed by atoms with E-state index in [-0.39, 0.29) is 0 Å². The van der Waals surface area contributed by atoms with Gasteiger partial charge < -0.3 is 10.6 Å². The van der Waals surface area contributed by atoms with Gasteiger partial charge in [-0.1, -0.05) is 0 Å². The van der Waals surface area contributed by atoms with Crippen molar-refractivity contribution >= 4 is 0 Å². The van der Waals surface area contributed by atoms with Crippen LogP contribution in [0.5, 0.6) is 0 Å². The standard InChI is InChI=1S/C12H22N4/c1-10(13)12-4-6-16(9-12)5-3-11-7-14-15(2)8-11/h7-8,10,12H,3-6,9,13H2,1-2H3. The van der Waals surface area contributed by atoms with Crippen LogP contribution in [0, 0.1) is 5.92 Å². The van der Waals surface area contributed by atoms with Gasteiger partial charge in [0.2, 0.25) is 0 Å². The molecular weight excluding hydrogens is 200 g/mol. The summed E-state index contributed by atoms with van der Waals surface area (Å²) in [4.78, 5) is 2.51. The molecule has 2 heterocycles. The van der Waals surface area contributed by atoms with E-state index in [0.29, 0.717) is 12.0 Å². The Kier molecular flexibility index (Phi) is 3.61. The van der Waals surface area contributed by atoms with Crippen molar-refractivity contribution in [3.8, 4) is 0 Å². The maximum atomic E-state index is 5.93. The Balaban J connectivity index is 1.75. The highest BCUT2D eigenvalue weighted by atomic mass is 15.2. The van der Waals surface area contributed by atoms with Gasteiger partial charge in [-0.25, -0.2) is 0 Å². The normalized spacial score (nSPS) is 23.8. The summed E-state index contributed by atoms with van der Waals surface area (Å²) < 4.78 is 1.87. The Hall–Kier alpha value is -0.870. The molecule has 0 saturated carbocycles. The van der Waals surface area contributed by atoms with Crippen molar-refractivity contribution in [3.63, 3.8) is 0 Å². The molecule has 0 aliphatic carbocycles. The first kappa shape index (κ1) is 11.6. The zero-order valence-corrected chi connectivity index (χ0v) is 10.3. The fourth-order valence-corrected chi connectivity index (χ4v) is 2.38. The Morgan fingerprint density at radius 3 is 3.00 bits per heavy atom. The van der Waals surface area contributed by atoms with Crippen LogP contribution in [0.1, 0.15) is 18.9 Å². The monoisotopic (exact) mass is 222 g/mol. The summed E-state index contributed by atoms with van der Waals surface area (Å²) in [6, 6.07) is 0.336. The number of hydrogen-bond donors (Lipinski definition) is 1. The first-order chi connectivity index (χ1) is 7.65. The number of aryl methyl sites for hydroxylation is 1. The second-order valence-electron chi connectivity index (χ2n) is 4.98. The van der Waals surface area contributed by atoms with Crippen molar-refractivity contribution in [2.75, 3.05) is 19.6 Å². The van der Waals surface area contributed by atoms with Gasteiger partial charge in [-0.15, -0.1) is 0 Å². The topological polar surface area (TPSA) is 47.1 Å². The van der Waals surface area contributed by atoms with Crippen LogP contribution in [0.2, 0.25) is 0 Å². The van der Waals surface area contributed by atoms with Crippen LogP contribution >= 0.6 is 0 Å². The molecule has 0 amide bonds.